The van der Waals surface area contributed by atoms with Crippen LogP contribution in [0, 0.1) is 11.7 Å². The molecule has 1 atom stereocenters. The van der Waals surface area contributed by atoms with E-state index in [9.17, 15) is 9.18 Å². The van der Waals surface area contributed by atoms with Crippen LogP contribution in [-0.2, 0) is 11.2 Å². The number of methoxy groups -OCH3 is 1. The van der Waals surface area contributed by atoms with Gasteiger partial charge in [-0.25, -0.2) is 4.39 Å². The Bertz CT molecular complexity index is 593. The number of carbonyl (C=O) groups is 1. The molecule has 3 nitrogen and oxygen atoms in total. The Hall–Kier alpha value is -2.36. The molecule has 2 aromatic rings. The highest BCUT2D eigenvalue weighted by molar-refractivity contribution is 5.92. The lowest BCUT2D eigenvalue weighted by Gasteiger charge is -2.12. The number of rotatable bonds is 5. The zero-order valence-corrected chi connectivity index (χ0v) is 12.1. The summed E-state index contributed by atoms with van der Waals surface area (Å²) in [7, 11) is 1.60. The minimum absolute atomic E-state index is 0.0653. The average molecular weight is 287 g/mol. The number of halogens is 1. The van der Waals surface area contributed by atoms with Gasteiger partial charge in [0.25, 0.3) is 0 Å². The molecule has 0 aliphatic carbocycles. The lowest BCUT2D eigenvalue weighted by molar-refractivity contribution is -0.119. The first-order valence-electron chi connectivity index (χ1n) is 6.78. The van der Waals surface area contributed by atoms with Crippen molar-refractivity contribution in [1.29, 1.82) is 0 Å². The van der Waals surface area contributed by atoms with Gasteiger partial charge in [-0.15, -0.1) is 0 Å². The summed E-state index contributed by atoms with van der Waals surface area (Å²) in [4.78, 5) is 12.1. The second kappa shape index (κ2) is 6.88. The molecular weight excluding hydrogens is 269 g/mol. The molecular formula is C17H18FNO2. The van der Waals surface area contributed by atoms with E-state index in [2.05, 4.69) is 5.32 Å². The van der Waals surface area contributed by atoms with Gasteiger partial charge < -0.3 is 10.1 Å². The Morgan fingerprint density at radius 2 is 1.76 bits per heavy atom. The lowest BCUT2D eigenvalue weighted by atomic mass is 10.0. The second-order valence-electron chi connectivity index (χ2n) is 4.95. The first-order valence-corrected chi connectivity index (χ1v) is 6.78. The van der Waals surface area contributed by atoms with Crippen LogP contribution in [0.5, 0.6) is 5.75 Å². The van der Waals surface area contributed by atoms with Crippen molar-refractivity contribution in [2.24, 2.45) is 5.92 Å². The van der Waals surface area contributed by atoms with E-state index >= 15 is 0 Å². The minimum Gasteiger partial charge on any atom is -0.497 e. The van der Waals surface area contributed by atoms with Gasteiger partial charge in [-0.1, -0.05) is 19.1 Å². The number of nitrogens with one attached hydrogen (secondary N) is 1. The summed E-state index contributed by atoms with van der Waals surface area (Å²) in [5, 5.41) is 2.86. The number of hydrogen-bond acceptors (Lipinski definition) is 2. The van der Waals surface area contributed by atoms with E-state index in [1.54, 1.807) is 43.5 Å². The maximum Gasteiger partial charge on any atom is 0.227 e. The Labute approximate surface area is 123 Å². The van der Waals surface area contributed by atoms with Crippen LogP contribution in [0.4, 0.5) is 10.1 Å². The Morgan fingerprint density at radius 1 is 1.14 bits per heavy atom. The fraction of sp³-hybridized carbons (Fsp3) is 0.235. The normalized spacial score (nSPS) is 11.8. The topological polar surface area (TPSA) is 38.3 Å². The zero-order chi connectivity index (χ0) is 15.2. The highest BCUT2D eigenvalue weighted by Crippen LogP contribution is 2.17. The van der Waals surface area contributed by atoms with E-state index in [1.165, 1.54) is 12.1 Å². The van der Waals surface area contributed by atoms with E-state index in [-0.39, 0.29) is 17.6 Å². The molecule has 1 N–H and O–H groups in total. The molecule has 0 aliphatic rings. The van der Waals surface area contributed by atoms with Gasteiger partial charge in [0, 0.05) is 11.6 Å². The maximum absolute atomic E-state index is 12.8. The Morgan fingerprint density at radius 3 is 2.33 bits per heavy atom. The van der Waals surface area contributed by atoms with E-state index in [1.807, 2.05) is 6.92 Å². The molecule has 0 aliphatic heterocycles. The van der Waals surface area contributed by atoms with Crippen LogP contribution in [0.15, 0.2) is 48.5 Å². The molecule has 0 heterocycles. The largest absolute Gasteiger partial charge is 0.497 e. The number of ether oxygens (including phenoxy) is 1. The third-order valence-corrected chi connectivity index (χ3v) is 3.26. The van der Waals surface area contributed by atoms with Gasteiger partial charge in [-0.2, -0.15) is 0 Å². The molecule has 0 radical (unpaired) electrons. The summed E-state index contributed by atoms with van der Waals surface area (Å²) < 4.78 is 17.9. The van der Waals surface area contributed by atoms with Crippen LogP contribution in [0.3, 0.4) is 0 Å². The number of amides is 1. The van der Waals surface area contributed by atoms with E-state index in [4.69, 9.17) is 4.74 Å². The molecule has 0 bridgehead atoms. The van der Waals surface area contributed by atoms with Gasteiger partial charge in [-0.05, 0) is 48.4 Å². The first kappa shape index (κ1) is 15.0. The monoisotopic (exact) mass is 287 g/mol. The molecule has 1 unspecified atom stereocenters. The smallest absolute Gasteiger partial charge is 0.227 e. The van der Waals surface area contributed by atoms with Crippen molar-refractivity contribution in [1.82, 2.24) is 0 Å². The quantitative estimate of drug-likeness (QED) is 0.911. The molecule has 2 aromatic carbocycles. The zero-order valence-electron chi connectivity index (χ0n) is 12.1. The number of benzene rings is 2. The Balaban J connectivity index is 1.93. The standard InChI is InChI=1S/C17H18FNO2/c1-12(11-13-3-5-14(18)6-4-13)17(20)19-15-7-9-16(21-2)10-8-15/h3-10,12H,11H2,1-2H3,(H,19,20). The van der Waals surface area contributed by atoms with Gasteiger partial charge in [0.15, 0.2) is 0 Å². The summed E-state index contributed by atoms with van der Waals surface area (Å²) in [5.41, 5.74) is 1.67. The van der Waals surface area contributed by atoms with Crippen LogP contribution >= 0.6 is 0 Å². The van der Waals surface area contributed by atoms with Crippen molar-refractivity contribution >= 4 is 11.6 Å². The fourth-order valence-electron chi connectivity index (χ4n) is 2.01. The molecule has 4 heteroatoms. The molecule has 0 spiro atoms. The minimum atomic E-state index is -0.269. The van der Waals surface area contributed by atoms with Gasteiger partial charge in [0.1, 0.15) is 11.6 Å². The van der Waals surface area contributed by atoms with Crippen molar-refractivity contribution in [2.75, 3.05) is 12.4 Å². The van der Waals surface area contributed by atoms with Crippen molar-refractivity contribution in [3.05, 3.63) is 59.9 Å². The maximum atomic E-state index is 12.8. The van der Waals surface area contributed by atoms with E-state index in [0.717, 1.165) is 17.0 Å². The van der Waals surface area contributed by atoms with E-state index < -0.39 is 0 Å². The lowest BCUT2D eigenvalue weighted by Crippen LogP contribution is -2.22. The molecule has 21 heavy (non-hydrogen) atoms. The van der Waals surface area contributed by atoms with Crippen molar-refractivity contribution in [3.63, 3.8) is 0 Å². The summed E-state index contributed by atoms with van der Waals surface area (Å²) in [5.74, 6) is 0.212. The predicted octanol–water partition coefficient (Wildman–Crippen LogP) is 3.65. The molecule has 1 amide bonds. The van der Waals surface area contributed by atoms with Gasteiger partial charge in [0.05, 0.1) is 7.11 Å². The van der Waals surface area contributed by atoms with Crippen molar-refractivity contribution < 1.29 is 13.9 Å². The average Bonchev–Trinajstić information content (AvgIpc) is 2.50. The number of hydrogen-bond donors (Lipinski definition) is 1. The fourth-order valence-corrected chi connectivity index (χ4v) is 2.01. The van der Waals surface area contributed by atoms with Gasteiger partial charge >= 0.3 is 0 Å². The highest BCUT2D eigenvalue weighted by Gasteiger charge is 2.13. The van der Waals surface area contributed by atoms with Gasteiger partial charge in [-0.3, -0.25) is 4.79 Å². The molecule has 2 rings (SSSR count). The predicted molar refractivity (Wildman–Crippen MR) is 80.9 cm³/mol. The Kier molecular flexibility index (Phi) is 4.93. The summed E-state index contributed by atoms with van der Waals surface area (Å²) in [6.07, 6.45) is 0.572. The van der Waals surface area contributed by atoms with E-state index in [0.29, 0.717) is 6.42 Å². The van der Waals surface area contributed by atoms with Crippen LogP contribution in [0.2, 0.25) is 0 Å². The summed E-state index contributed by atoms with van der Waals surface area (Å²) in [6.45, 7) is 1.85. The van der Waals surface area contributed by atoms with Crippen LogP contribution in [0.25, 0.3) is 0 Å². The van der Waals surface area contributed by atoms with Crippen LogP contribution in [-0.4, -0.2) is 13.0 Å². The summed E-state index contributed by atoms with van der Waals surface area (Å²) >= 11 is 0. The summed E-state index contributed by atoms with van der Waals surface area (Å²) in [6, 6.07) is 13.4. The second-order valence-corrected chi connectivity index (χ2v) is 4.95. The van der Waals surface area contributed by atoms with Crippen molar-refractivity contribution in [2.45, 2.75) is 13.3 Å². The number of carbonyl (C=O) groups excluding carboxylic acids is 1. The molecule has 0 aromatic heterocycles. The third-order valence-electron chi connectivity index (χ3n) is 3.26. The first-order chi connectivity index (χ1) is 10.1. The van der Waals surface area contributed by atoms with Gasteiger partial charge in [0.2, 0.25) is 5.91 Å². The molecule has 110 valence electrons. The van der Waals surface area contributed by atoms with Crippen LogP contribution in [0.1, 0.15) is 12.5 Å². The third kappa shape index (κ3) is 4.31. The van der Waals surface area contributed by atoms with Crippen molar-refractivity contribution in [3.8, 4) is 5.75 Å². The molecule has 0 saturated carbocycles. The van der Waals surface area contributed by atoms with Crippen LogP contribution < -0.4 is 10.1 Å². The SMILES string of the molecule is COc1ccc(NC(=O)C(C)Cc2ccc(F)cc2)cc1. The number of anilines is 1. The highest BCUT2D eigenvalue weighted by atomic mass is 19.1. The molecule has 0 saturated heterocycles. The molecule has 0 fully saturated rings.